The minimum absolute atomic E-state index is 0.0120. The van der Waals surface area contributed by atoms with Crippen LogP contribution in [0.25, 0.3) is 0 Å². The van der Waals surface area contributed by atoms with Gasteiger partial charge in [-0.15, -0.1) is 0 Å². The minimum atomic E-state index is -0.383. The molecule has 96 valence electrons. The van der Waals surface area contributed by atoms with Crippen LogP contribution in [0.4, 0.5) is 0 Å². The van der Waals surface area contributed by atoms with Crippen LogP contribution in [-0.2, 0) is 16.1 Å². The standard InChI is InChI=1S/C14H18N2O2/c1-9-3-10(2)5-11(4-9)7-16-8-12(14(15)18)6-13(16)17/h3-5,12H,6-8H2,1-2H3,(H2,15,18). The lowest BCUT2D eigenvalue weighted by atomic mass is 10.1. The molecule has 2 amide bonds. The van der Waals surface area contributed by atoms with Crippen LogP contribution in [0.5, 0.6) is 0 Å². The average molecular weight is 246 g/mol. The maximum absolute atomic E-state index is 11.8. The van der Waals surface area contributed by atoms with Gasteiger partial charge in [0.05, 0.1) is 5.92 Å². The van der Waals surface area contributed by atoms with Gasteiger partial charge < -0.3 is 10.6 Å². The number of rotatable bonds is 3. The maximum atomic E-state index is 11.8. The zero-order valence-electron chi connectivity index (χ0n) is 10.8. The Labute approximate surface area is 107 Å². The second-order valence-electron chi connectivity index (χ2n) is 5.07. The number of carbonyl (C=O) groups excluding carboxylic acids is 2. The van der Waals surface area contributed by atoms with Crippen molar-refractivity contribution in [2.45, 2.75) is 26.8 Å². The topological polar surface area (TPSA) is 63.4 Å². The van der Waals surface area contributed by atoms with Crippen molar-refractivity contribution in [2.24, 2.45) is 11.7 Å². The Morgan fingerprint density at radius 2 is 1.94 bits per heavy atom. The van der Waals surface area contributed by atoms with Gasteiger partial charge in [0.2, 0.25) is 11.8 Å². The summed E-state index contributed by atoms with van der Waals surface area (Å²) in [6, 6.07) is 6.23. The van der Waals surface area contributed by atoms with E-state index in [1.54, 1.807) is 4.90 Å². The first-order valence-corrected chi connectivity index (χ1v) is 6.10. The number of nitrogens with two attached hydrogens (primary N) is 1. The second kappa shape index (κ2) is 4.80. The number of carbonyl (C=O) groups is 2. The highest BCUT2D eigenvalue weighted by molar-refractivity contribution is 5.88. The maximum Gasteiger partial charge on any atom is 0.223 e. The summed E-state index contributed by atoms with van der Waals surface area (Å²) in [5.41, 5.74) is 8.72. The van der Waals surface area contributed by atoms with Gasteiger partial charge in [0.25, 0.3) is 0 Å². The van der Waals surface area contributed by atoms with Crippen LogP contribution in [-0.4, -0.2) is 23.3 Å². The molecule has 1 heterocycles. The van der Waals surface area contributed by atoms with Crippen LogP contribution in [0, 0.1) is 19.8 Å². The summed E-state index contributed by atoms with van der Waals surface area (Å²) in [6.45, 7) is 5.08. The number of nitrogens with zero attached hydrogens (tertiary/aromatic N) is 1. The number of hydrogen-bond donors (Lipinski definition) is 1. The molecule has 1 aromatic rings. The molecule has 1 unspecified atom stereocenters. The fourth-order valence-corrected chi connectivity index (χ4v) is 2.50. The first-order chi connectivity index (χ1) is 8.45. The number of hydrogen-bond acceptors (Lipinski definition) is 2. The third-order valence-electron chi connectivity index (χ3n) is 3.27. The first-order valence-electron chi connectivity index (χ1n) is 6.10. The number of likely N-dealkylation sites (tertiary alicyclic amines) is 1. The lowest BCUT2D eigenvalue weighted by Crippen LogP contribution is -2.28. The molecule has 18 heavy (non-hydrogen) atoms. The number of amides is 2. The predicted molar refractivity (Wildman–Crippen MR) is 68.6 cm³/mol. The second-order valence-corrected chi connectivity index (χ2v) is 5.07. The molecular weight excluding hydrogens is 228 g/mol. The minimum Gasteiger partial charge on any atom is -0.369 e. The van der Waals surface area contributed by atoms with E-state index in [0.717, 1.165) is 5.56 Å². The first kappa shape index (κ1) is 12.6. The molecule has 1 fully saturated rings. The van der Waals surface area contributed by atoms with Crippen molar-refractivity contribution in [1.29, 1.82) is 0 Å². The molecule has 1 saturated heterocycles. The van der Waals surface area contributed by atoms with Gasteiger partial charge in [-0.2, -0.15) is 0 Å². The molecule has 4 nitrogen and oxygen atoms in total. The Bertz CT molecular complexity index is 476. The SMILES string of the molecule is Cc1cc(C)cc(CN2CC(C(N)=O)CC2=O)c1. The summed E-state index contributed by atoms with van der Waals surface area (Å²) in [5.74, 6) is -0.701. The van der Waals surface area contributed by atoms with Gasteiger partial charge in [-0.1, -0.05) is 29.3 Å². The molecule has 1 aliphatic rings. The van der Waals surface area contributed by atoms with E-state index in [2.05, 4.69) is 18.2 Å². The van der Waals surface area contributed by atoms with Gasteiger partial charge in [0.1, 0.15) is 0 Å². The molecule has 1 aromatic carbocycles. The Morgan fingerprint density at radius 1 is 1.33 bits per heavy atom. The Balaban J connectivity index is 2.10. The van der Waals surface area contributed by atoms with E-state index in [1.165, 1.54) is 11.1 Å². The lowest BCUT2D eigenvalue weighted by Gasteiger charge is -2.17. The van der Waals surface area contributed by atoms with E-state index in [0.29, 0.717) is 13.1 Å². The van der Waals surface area contributed by atoms with Crippen LogP contribution in [0.2, 0.25) is 0 Å². The van der Waals surface area contributed by atoms with Gasteiger partial charge in [-0.25, -0.2) is 0 Å². The molecule has 0 aliphatic carbocycles. The summed E-state index contributed by atoms with van der Waals surface area (Å²) in [5, 5.41) is 0. The lowest BCUT2D eigenvalue weighted by molar-refractivity contribution is -0.128. The van der Waals surface area contributed by atoms with Crippen LogP contribution < -0.4 is 5.73 Å². The van der Waals surface area contributed by atoms with E-state index in [9.17, 15) is 9.59 Å². The molecule has 2 N–H and O–H groups in total. The van der Waals surface area contributed by atoms with Crippen LogP contribution in [0.1, 0.15) is 23.1 Å². The van der Waals surface area contributed by atoms with Crippen molar-refractivity contribution in [2.75, 3.05) is 6.54 Å². The van der Waals surface area contributed by atoms with Crippen molar-refractivity contribution < 1.29 is 9.59 Å². The third-order valence-corrected chi connectivity index (χ3v) is 3.27. The van der Waals surface area contributed by atoms with E-state index in [1.807, 2.05) is 13.8 Å². The number of primary amides is 1. The van der Waals surface area contributed by atoms with E-state index in [-0.39, 0.29) is 24.2 Å². The predicted octanol–water partition coefficient (Wildman–Crippen LogP) is 1.14. The van der Waals surface area contributed by atoms with Crippen molar-refractivity contribution in [3.05, 3.63) is 34.9 Å². The highest BCUT2D eigenvalue weighted by Gasteiger charge is 2.32. The molecule has 0 bridgehead atoms. The average Bonchev–Trinajstić information content (AvgIpc) is 2.59. The molecule has 4 heteroatoms. The molecule has 1 aliphatic heterocycles. The van der Waals surface area contributed by atoms with E-state index >= 15 is 0 Å². The Morgan fingerprint density at radius 3 is 2.44 bits per heavy atom. The zero-order valence-corrected chi connectivity index (χ0v) is 10.8. The number of aryl methyl sites for hydroxylation is 2. The third kappa shape index (κ3) is 2.70. The van der Waals surface area contributed by atoms with Crippen molar-refractivity contribution >= 4 is 11.8 Å². The van der Waals surface area contributed by atoms with Crippen molar-refractivity contribution in [3.63, 3.8) is 0 Å². The van der Waals surface area contributed by atoms with E-state index < -0.39 is 0 Å². The van der Waals surface area contributed by atoms with Gasteiger partial charge >= 0.3 is 0 Å². The molecule has 0 saturated carbocycles. The molecule has 0 spiro atoms. The van der Waals surface area contributed by atoms with Crippen LogP contribution >= 0.6 is 0 Å². The Hall–Kier alpha value is -1.84. The summed E-state index contributed by atoms with van der Waals surface area (Å²) in [7, 11) is 0. The van der Waals surface area contributed by atoms with Gasteiger partial charge in [-0.3, -0.25) is 9.59 Å². The molecule has 1 atom stereocenters. The quantitative estimate of drug-likeness (QED) is 0.869. The van der Waals surface area contributed by atoms with Crippen molar-refractivity contribution in [1.82, 2.24) is 4.90 Å². The summed E-state index contributed by atoms with van der Waals surface area (Å²) in [4.78, 5) is 24.6. The molecule has 0 radical (unpaired) electrons. The summed E-state index contributed by atoms with van der Waals surface area (Å²) < 4.78 is 0. The molecule has 2 rings (SSSR count). The highest BCUT2D eigenvalue weighted by Crippen LogP contribution is 2.20. The van der Waals surface area contributed by atoms with E-state index in [4.69, 9.17) is 5.73 Å². The normalized spacial score (nSPS) is 19.3. The highest BCUT2D eigenvalue weighted by atomic mass is 16.2. The van der Waals surface area contributed by atoms with Gasteiger partial charge in [0, 0.05) is 19.5 Å². The van der Waals surface area contributed by atoms with Gasteiger partial charge in [-0.05, 0) is 19.4 Å². The molecule has 0 aromatic heterocycles. The summed E-state index contributed by atoms with van der Waals surface area (Å²) in [6.07, 6.45) is 0.250. The smallest absolute Gasteiger partial charge is 0.223 e. The number of benzene rings is 1. The zero-order chi connectivity index (χ0) is 13.3. The van der Waals surface area contributed by atoms with Crippen molar-refractivity contribution in [3.8, 4) is 0 Å². The largest absolute Gasteiger partial charge is 0.369 e. The van der Waals surface area contributed by atoms with Crippen LogP contribution in [0.15, 0.2) is 18.2 Å². The van der Waals surface area contributed by atoms with Gasteiger partial charge in [0.15, 0.2) is 0 Å². The monoisotopic (exact) mass is 246 g/mol. The van der Waals surface area contributed by atoms with Crippen LogP contribution in [0.3, 0.4) is 0 Å². The fraction of sp³-hybridized carbons (Fsp3) is 0.429. The molecular formula is C14H18N2O2. The Kier molecular flexibility index (Phi) is 3.36. The fourth-order valence-electron chi connectivity index (χ4n) is 2.50. The summed E-state index contributed by atoms with van der Waals surface area (Å²) >= 11 is 0.